The Morgan fingerprint density at radius 1 is 1.23 bits per heavy atom. The minimum absolute atomic E-state index is 0.193. The van der Waals surface area contributed by atoms with E-state index in [1.165, 1.54) is 41.3 Å². The van der Waals surface area contributed by atoms with Gasteiger partial charge in [-0.1, -0.05) is 12.1 Å². The second-order valence-electron chi connectivity index (χ2n) is 4.66. The first-order chi connectivity index (χ1) is 10.6. The number of carbonyl (C=O) groups excluding carboxylic acids is 2. The minimum Gasteiger partial charge on any atom is -0.272 e. The molecule has 0 spiro atoms. The highest BCUT2D eigenvalue weighted by Gasteiger charge is 2.34. The molecule has 0 aliphatic carbocycles. The summed E-state index contributed by atoms with van der Waals surface area (Å²) in [5.74, 6) is -0.656. The smallest absolute Gasteiger partial charge is 0.270 e. The Labute approximate surface area is 130 Å². The van der Waals surface area contributed by atoms with Crippen molar-refractivity contribution in [2.24, 2.45) is 0 Å². The molecule has 1 N–H and O–H groups in total. The van der Waals surface area contributed by atoms with Gasteiger partial charge in [-0.25, -0.2) is 9.40 Å². The molecule has 1 saturated heterocycles. The van der Waals surface area contributed by atoms with Crippen LogP contribution in [0.1, 0.15) is 21.3 Å². The summed E-state index contributed by atoms with van der Waals surface area (Å²) in [6.07, 6.45) is 3.01. The Kier molecular flexibility index (Phi) is 4.06. The summed E-state index contributed by atoms with van der Waals surface area (Å²) >= 11 is 1.38. The fourth-order valence-electron chi connectivity index (χ4n) is 2.10. The Hall–Kier alpha value is -2.41. The molecule has 5 nitrogen and oxygen atoms in total. The number of rotatable bonds is 3. The maximum absolute atomic E-state index is 13.0. The lowest BCUT2D eigenvalue weighted by Gasteiger charge is -2.24. The molecule has 0 unspecified atom stereocenters. The molecule has 3 rings (SSSR count). The van der Waals surface area contributed by atoms with Gasteiger partial charge in [0, 0.05) is 18.0 Å². The number of nitrogens with one attached hydrogen (secondary N) is 1. The second-order valence-corrected chi connectivity index (χ2v) is 5.72. The van der Waals surface area contributed by atoms with Gasteiger partial charge in [-0.05, 0) is 29.8 Å². The van der Waals surface area contributed by atoms with Crippen LogP contribution in [0.15, 0.2) is 48.8 Å². The fourth-order valence-corrected chi connectivity index (χ4v) is 3.20. The van der Waals surface area contributed by atoms with Crippen molar-refractivity contribution in [1.82, 2.24) is 15.4 Å². The molecule has 1 aliphatic heterocycles. The van der Waals surface area contributed by atoms with Crippen molar-refractivity contribution in [3.63, 3.8) is 0 Å². The molecule has 7 heteroatoms. The lowest BCUT2D eigenvalue weighted by Crippen LogP contribution is -2.44. The summed E-state index contributed by atoms with van der Waals surface area (Å²) in [5.41, 5.74) is 3.78. The van der Waals surface area contributed by atoms with Crippen LogP contribution in [0.4, 0.5) is 4.39 Å². The van der Waals surface area contributed by atoms with Crippen LogP contribution in [0.5, 0.6) is 0 Å². The highest BCUT2D eigenvalue weighted by atomic mass is 32.2. The predicted molar refractivity (Wildman–Crippen MR) is 80.1 cm³/mol. The number of benzene rings is 1. The summed E-state index contributed by atoms with van der Waals surface area (Å²) < 4.78 is 13.0. The summed E-state index contributed by atoms with van der Waals surface area (Å²) in [4.78, 5) is 28.0. The molecular formula is C15H12FN3O2S. The van der Waals surface area contributed by atoms with Crippen molar-refractivity contribution < 1.29 is 14.0 Å². The van der Waals surface area contributed by atoms with Crippen molar-refractivity contribution in [3.8, 4) is 0 Å². The molecular weight excluding hydrogens is 305 g/mol. The van der Waals surface area contributed by atoms with E-state index >= 15 is 0 Å². The molecule has 112 valence electrons. The quantitative estimate of drug-likeness (QED) is 0.942. The molecule has 1 aromatic heterocycles. The zero-order valence-corrected chi connectivity index (χ0v) is 12.2. The number of thioether (sulfide) groups is 1. The molecule has 2 amide bonds. The van der Waals surface area contributed by atoms with E-state index in [0.717, 1.165) is 5.56 Å². The Balaban J connectivity index is 1.79. The molecule has 2 aromatic rings. The van der Waals surface area contributed by atoms with Gasteiger partial charge in [0.15, 0.2) is 0 Å². The van der Waals surface area contributed by atoms with Gasteiger partial charge in [0.25, 0.3) is 11.8 Å². The number of halogens is 1. The molecule has 22 heavy (non-hydrogen) atoms. The third-order valence-corrected chi connectivity index (χ3v) is 4.40. The molecule has 1 fully saturated rings. The number of hydrogen-bond donors (Lipinski definition) is 1. The van der Waals surface area contributed by atoms with Gasteiger partial charge in [-0.2, -0.15) is 0 Å². The zero-order valence-electron chi connectivity index (χ0n) is 11.4. The van der Waals surface area contributed by atoms with Gasteiger partial charge in [-0.3, -0.25) is 20.0 Å². The number of aromatic nitrogens is 1. The number of nitrogens with zero attached hydrogens (tertiary/aromatic N) is 2. The number of hydrazine groups is 1. The SMILES string of the molecule is O=C(NN1C(=O)CS[C@H]1c1ccc(F)cc1)c1ccncc1. The highest BCUT2D eigenvalue weighted by molar-refractivity contribution is 8.00. The van der Waals surface area contributed by atoms with E-state index in [9.17, 15) is 14.0 Å². The van der Waals surface area contributed by atoms with Crippen LogP contribution in [-0.2, 0) is 4.79 Å². The van der Waals surface area contributed by atoms with Crippen LogP contribution < -0.4 is 5.43 Å². The van der Waals surface area contributed by atoms with E-state index in [0.29, 0.717) is 5.56 Å². The van der Waals surface area contributed by atoms with Crippen LogP contribution >= 0.6 is 11.8 Å². The van der Waals surface area contributed by atoms with Crippen molar-refractivity contribution in [2.45, 2.75) is 5.37 Å². The maximum Gasteiger partial charge on any atom is 0.270 e. The highest BCUT2D eigenvalue weighted by Crippen LogP contribution is 2.37. The summed E-state index contributed by atoms with van der Waals surface area (Å²) in [5, 5.41) is 0.930. The minimum atomic E-state index is -0.384. The van der Waals surface area contributed by atoms with Crippen molar-refractivity contribution in [1.29, 1.82) is 0 Å². The average Bonchev–Trinajstić information content (AvgIpc) is 2.90. The Morgan fingerprint density at radius 3 is 2.59 bits per heavy atom. The normalized spacial score (nSPS) is 17.6. The Morgan fingerprint density at radius 2 is 1.91 bits per heavy atom. The predicted octanol–water partition coefficient (Wildman–Crippen LogP) is 2.14. The molecule has 0 radical (unpaired) electrons. The first kappa shape index (κ1) is 14.5. The van der Waals surface area contributed by atoms with Crippen molar-refractivity contribution >= 4 is 23.6 Å². The molecule has 2 heterocycles. The van der Waals surface area contributed by atoms with Gasteiger partial charge in [0.2, 0.25) is 0 Å². The van der Waals surface area contributed by atoms with Crippen LogP contribution in [-0.4, -0.2) is 27.6 Å². The molecule has 1 atom stereocenters. The van der Waals surface area contributed by atoms with Crippen LogP contribution in [0, 0.1) is 5.82 Å². The largest absolute Gasteiger partial charge is 0.272 e. The van der Waals surface area contributed by atoms with E-state index in [4.69, 9.17) is 0 Å². The fraction of sp³-hybridized carbons (Fsp3) is 0.133. The molecule has 0 saturated carbocycles. The molecule has 1 aromatic carbocycles. The van der Waals surface area contributed by atoms with Gasteiger partial charge in [0.1, 0.15) is 11.2 Å². The van der Waals surface area contributed by atoms with Crippen molar-refractivity contribution in [2.75, 3.05) is 5.75 Å². The van der Waals surface area contributed by atoms with Gasteiger partial charge >= 0.3 is 0 Å². The van der Waals surface area contributed by atoms with Gasteiger partial charge < -0.3 is 0 Å². The standard InChI is InChI=1S/C15H12FN3O2S/c16-12-3-1-11(2-4-12)15-19(13(20)9-22-15)18-14(21)10-5-7-17-8-6-10/h1-8,15H,9H2,(H,18,21)/t15-/m0/s1. The first-order valence-corrected chi connectivity index (χ1v) is 7.60. The van der Waals surface area contributed by atoms with Crippen LogP contribution in [0.3, 0.4) is 0 Å². The van der Waals surface area contributed by atoms with E-state index in [-0.39, 0.29) is 28.8 Å². The maximum atomic E-state index is 13.0. The topological polar surface area (TPSA) is 62.3 Å². The van der Waals surface area contributed by atoms with Crippen LogP contribution in [0.2, 0.25) is 0 Å². The Bertz CT molecular complexity index is 694. The first-order valence-electron chi connectivity index (χ1n) is 6.55. The third kappa shape index (κ3) is 2.94. The number of pyridine rings is 1. The van der Waals surface area contributed by atoms with Crippen molar-refractivity contribution in [3.05, 3.63) is 65.7 Å². The third-order valence-electron chi connectivity index (χ3n) is 3.19. The number of carbonyl (C=O) groups is 2. The second kappa shape index (κ2) is 6.15. The monoisotopic (exact) mass is 317 g/mol. The number of amides is 2. The lowest BCUT2D eigenvalue weighted by atomic mass is 10.2. The summed E-state index contributed by atoms with van der Waals surface area (Å²) in [6, 6.07) is 9.02. The van der Waals surface area contributed by atoms with E-state index in [1.54, 1.807) is 24.3 Å². The average molecular weight is 317 g/mol. The summed E-state index contributed by atoms with van der Waals surface area (Å²) in [6.45, 7) is 0. The molecule has 1 aliphatic rings. The van der Waals surface area contributed by atoms with E-state index in [2.05, 4.69) is 10.4 Å². The van der Waals surface area contributed by atoms with E-state index in [1.807, 2.05) is 0 Å². The van der Waals surface area contributed by atoms with Gasteiger partial charge in [-0.15, -0.1) is 11.8 Å². The number of hydrogen-bond acceptors (Lipinski definition) is 4. The summed E-state index contributed by atoms with van der Waals surface area (Å²) in [7, 11) is 0. The van der Waals surface area contributed by atoms with Crippen LogP contribution in [0.25, 0.3) is 0 Å². The zero-order chi connectivity index (χ0) is 15.5. The van der Waals surface area contributed by atoms with E-state index < -0.39 is 0 Å². The van der Waals surface area contributed by atoms with Gasteiger partial charge in [0.05, 0.1) is 5.75 Å². The molecule has 0 bridgehead atoms. The lowest BCUT2D eigenvalue weighted by molar-refractivity contribution is -0.130.